The van der Waals surface area contributed by atoms with Crippen LogP contribution in [0.3, 0.4) is 0 Å². The largest absolute Gasteiger partial charge is 0.489 e. The van der Waals surface area contributed by atoms with Gasteiger partial charge in [0.2, 0.25) is 0 Å². The number of aromatic carboxylic acids is 1. The molecule has 41 heavy (non-hydrogen) atoms. The van der Waals surface area contributed by atoms with Gasteiger partial charge in [-0.3, -0.25) is 0 Å². The third kappa shape index (κ3) is 5.52. The highest BCUT2D eigenvalue weighted by molar-refractivity contribution is 6.31. The predicted molar refractivity (Wildman–Crippen MR) is 143 cm³/mol. The zero-order valence-corrected chi connectivity index (χ0v) is 22.1. The van der Waals surface area contributed by atoms with Crippen LogP contribution in [0.4, 0.5) is 13.2 Å². The van der Waals surface area contributed by atoms with Gasteiger partial charge in [-0.05, 0) is 43.2 Å². The van der Waals surface area contributed by atoms with Gasteiger partial charge in [0.05, 0.1) is 27.4 Å². The van der Waals surface area contributed by atoms with E-state index < -0.39 is 23.8 Å². The third-order valence-corrected chi connectivity index (χ3v) is 7.40. The first-order valence-corrected chi connectivity index (χ1v) is 13.2. The molecule has 0 bridgehead atoms. The fraction of sp³-hybridized carbons (Fsp3) is 0.233. The van der Waals surface area contributed by atoms with Crippen LogP contribution in [-0.4, -0.2) is 21.9 Å². The van der Waals surface area contributed by atoms with E-state index in [1.807, 2.05) is 0 Å². The van der Waals surface area contributed by atoms with Crippen LogP contribution in [0.5, 0.6) is 5.75 Å². The number of hydrogen-bond donors (Lipinski definition) is 1. The molecule has 1 aliphatic carbocycles. The van der Waals surface area contributed by atoms with Gasteiger partial charge >= 0.3 is 12.1 Å². The van der Waals surface area contributed by atoms with E-state index >= 15 is 0 Å². The lowest BCUT2D eigenvalue weighted by Crippen LogP contribution is -2.08. The summed E-state index contributed by atoms with van der Waals surface area (Å²) in [4.78, 5) is 16.9. The Balaban J connectivity index is 1.20. The fourth-order valence-corrected chi connectivity index (χ4v) is 5.13. The van der Waals surface area contributed by atoms with Crippen molar-refractivity contribution < 1.29 is 37.2 Å². The van der Waals surface area contributed by atoms with Gasteiger partial charge in [0.15, 0.2) is 6.10 Å². The molecule has 0 saturated heterocycles. The third-order valence-electron chi connectivity index (χ3n) is 7.07. The average molecular weight is 583 g/mol. The Morgan fingerprint density at radius 2 is 1.88 bits per heavy atom. The number of carboxylic acids is 1. The first-order valence-electron chi connectivity index (χ1n) is 12.8. The number of carboxylic acid groups (broad SMARTS) is 1. The Morgan fingerprint density at radius 3 is 2.61 bits per heavy atom. The number of oxime groups is 1. The normalized spacial score (nSPS) is 16.8. The summed E-state index contributed by atoms with van der Waals surface area (Å²) >= 11 is 6.58. The van der Waals surface area contributed by atoms with Gasteiger partial charge in [0.25, 0.3) is 0 Å². The van der Waals surface area contributed by atoms with Gasteiger partial charge < -0.3 is 19.2 Å². The van der Waals surface area contributed by atoms with Crippen molar-refractivity contribution in [2.24, 2.45) is 5.16 Å². The van der Waals surface area contributed by atoms with Crippen molar-refractivity contribution in [1.82, 2.24) is 5.16 Å². The molecule has 4 aromatic rings. The molecule has 0 radical (unpaired) electrons. The molecule has 0 amide bonds. The van der Waals surface area contributed by atoms with Crippen LogP contribution < -0.4 is 4.74 Å². The standard InChI is InChI=1S/C30H22ClF3N2O5/c31-24-13-19(10-11-21(24)26-14-25(35-40-26)17-4-3-5-18(12-17)29(37)38)39-15-22-27(36-41-28(22)16-8-9-16)20-6-1-2-7-23(20)30(32,33)34/h1-7,10-13,16,26H,8-9,14-15H2,(H,37,38). The second kappa shape index (κ2) is 10.6. The van der Waals surface area contributed by atoms with Gasteiger partial charge in [0, 0.05) is 29.0 Å². The van der Waals surface area contributed by atoms with E-state index in [1.54, 1.807) is 30.3 Å². The highest BCUT2D eigenvalue weighted by Crippen LogP contribution is 2.46. The van der Waals surface area contributed by atoms with Gasteiger partial charge in [-0.15, -0.1) is 0 Å². The number of ether oxygens (including phenoxy) is 1. The van der Waals surface area contributed by atoms with Crippen molar-refractivity contribution >= 4 is 23.3 Å². The van der Waals surface area contributed by atoms with Crippen LogP contribution in [0.1, 0.15) is 69.7 Å². The molecule has 2 heterocycles. The molecule has 1 aliphatic heterocycles. The van der Waals surface area contributed by atoms with Gasteiger partial charge in [-0.2, -0.15) is 13.2 Å². The minimum absolute atomic E-state index is 0.0559. The second-order valence-corrected chi connectivity index (χ2v) is 10.3. The Kier molecular flexibility index (Phi) is 6.94. The topological polar surface area (TPSA) is 94.2 Å². The van der Waals surface area contributed by atoms with E-state index in [4.69, 9.17) is 25.7 Å². The van der Waals surface area contributed by atoms with Crippen LogP contribution in [0, 0.1) is 0 Å². The summed E-state index contributed by atoms with van der Waals surface area (Å²) in [6, 6.07) is 16.7. The second-order valence-electron chi connectivity index (χ2n) is 9.89. The van der Waals surface area contributed by atoms with Gasteiger partial charge in [0.1, 0.15) is 23.8 Å². The number of carbonyl (C=O) groups is 1. The summed E-state index contributed by atoms with van der Waals surface area (Å²) < 4.78 is 52.7. The number of halogens is 4. The highest BCUT2D eigenvalue weighted by atomic mass is 35.5. The fourth-order valence-electron chi connectivity index (χ4n) is 4.84. The van der Waals surface area contributed by atoms with Crippen molar-refractivity contribution in [3.8, 4) is 17.0 Å². The summed E-state index contributed by atoms with van der Waals surface area (Å²) in [6.07, 6.45) is -2.91. The Bertz CT molecular complexity index is 1660. The van der Waals surface area contributed by atoms with Crippen LogP contribution in [0.15, 0.2) is 76.4 Å². The van der Waals surface area contributed by atoms with Crippen LogP contribution in [0.25, 0.3) is 11.3 Å². The monoisotopic (exact) mass is 582 g/mol. The van der Waals surface area contributed by atoms with Crippen molar-refractivity contribution in [2.75, 3.05) is 0 Å². The lowest BCUT2D eigenvalue weighted by Gasteiger charge is -2.14. The number of rotatable bonds is 8. The number of aromatic nitrogens is 1. The summed E-state index contributed by atoms with van der Waals surface area (Å²) in [5.41, 5.74) is 1.78. The number of nitrogens with zero attached hydrogens (tertiary/aromatic N) is 2. The molecule has 6 rings (SSSR count). The SMILES string of the molecule is O=C(O)c1cccc(C2=NOC(c3ccc(OCc4c(-c5ccccc5C(F)(F)F)noc4C4CC4)cc3Cl)C2)c1. The first-order chi connectivity index (χ1) is 19.7. The molecule has 1 saturated carbocycles. The Labute approximate surface area is 237 Å². The molecule has 1 unspecified atom stereocenters. The van der Waals surface area contributed by atoms with Crippen molar-refractivity contribution in [1.29, 1.82) is 0 Å². The maximum atomic E-state index is 13.7. The molecule has 11 heteroatoms. The number of alkyl halides is 3. The molecule has 1 aromatic heterocycles. The molecular weight excluding hydrogens is 561 g/mol. The van der Waals surface area contributed by atoms with Crippen LogP contribution >= 0.6 is 11.6 Å². The molecule has 210 valence electrons. The van der Waals surface area contributed by atoms with E-state index in [1.165, 1.54) is 30.3 Å². The summed E-state index contributed by atoms with van der Waals surface area (Å²) in [5, 5.41) is 17.8. The molecule has 1 atom stereocenters. The maximum Gasteiger partial charge on any atom is 0.417 e. The first kappa shape index (κ1) is 26.9. The highest BCUT2D eigenvalue weighted by Gasteiger charge is 2.37. The molecule has 3 aromatic carbocycles. The van der Waals surface area contributed by atoms with Crippen molar-refractivity contribution in [3.63, 3.8) is 0 Å². The quantitative estimate of drug-likeness (QED) is 0.226. The molecule has 2 aliphatic rings. The zero-order valence-electron chi connectivity index (χ0n) is 21.3. The lowest BCUT2D eigenvalue weighted by atomic mass is 9.99. The van der Waals surface area contributed by atoms with E-state index in [9.17, 15) is 23.1 Å². The van der Waals surface area contributed by atoms with Gasteiger partial charge in [-0.25, -0.2) is 4.79 Å². The average Bonchev–Trinajstić information content (AvgIpc) is 3.52. The minimum atomic E-state index is -4.55. The molecule has 1 N–H and O–H groups in total. The Morgan fingerprint density at radius 1 is 1.07 bits per heavy atom. The molecule has 7 nitrogen and oxygen atoms in total. The lowest BCUT2D eigenvalue weighted by molar-refractivity contribution is -0.137. The molecular formula is C30H22ClF3N2O5. The van der Waals surface area contributed by atoms with E-state index in [0.29, 0.717) is 45.4 Å². The Hall–Kier alpha value is -4.31. The smallest absolute Gasteiger partial charge is 0.417 e. The summed E-state index contributed by atoms with van der Waals surface area (Å²) in [5.74, 6) is 0.0122. The van der Waals surface area contributed by atoms with Crippen LogP contribution in [0.2, 0.25) is 5.02 Å². The van der Waals surface area contributed by atoms with E-state index in [-0.39, 0.29) is 29.3 Å². The molecule has 0 spiro atoms. The van der Waals surface area contributed by atoms with Crippen LogP contribution in [-0.2, 0) is 17.6 Å². The van der Waals surface area contributed by atoms with Crippen molar-refractivity contribution in [2.45, 2.75) is 44.1 Å². The van der Waals surface area contributed by atoms with Gasteiger partial charge in [-0.1, -0.05) is 58.3 Å². The zero-order chi connectivity index (χ0) is 28.7. The van der Waals surface area contributed by atoms with E-state index in [2.05, 4.69) is 10.3 Å². The summed E-state index contributed by atoms with van der Waals surface area (Å²) in [7, 11) is 0. The molecule has 1 fully saturated rings. The summed E-state index contributed by atoms with van der Waals surface area (Å²) in [6.45, 7) is -0.0559. The van der Waals surface area contributed by atoms with Crippen molar-refractivity contribution in [3.05, 3.63) is 105 Å². The number of benzene rings is 3. The van der Waals surface area contributed by atoms with E-state index in [0.717, 1.165) is 18.9 Å². The number of hydrogen-bond acceptors (Lipinski definition) is 6. The minimum Gasteiger partial charge on any atom is -0.489 e. The maximum absolute atomic E-state index is 13.7. The predicted octanol–water partition coefficient (Wildman–Crippen LogP) is 8.03.